The average molecular weight is 288 g/mol. The Hall–Kier alpha value is -2.04. The molecule has 0 saturated heterocycles. The van der Waals surface area contributed by atoms with Gasteiger partial charge in [-0.3, -0.25) is 4.79 Å². The summed E-state index contributed by atoms with van der Waals surface area (Å²) in [5, 5.41) is 12.3. The van der Waals surface area contributed by atoms with E-state index in [2.05, 4.69) is 16.4 Å². The van der Waals surface area contributed by atoms with Crippen molar-refractivity contribution in [1.29, 1.82) is 0 Å². The molecule has 1 saturated carbocycles. The lowest BCUT2D eigenvalue weighted by molar-refractivity contribution is -0.142. The fraction of sp³-hybridized carbons (Fsp3) is 0.500. The number of nitrogens with zero attached hydrogens (tertiary/aromatic N) is 1. The van der Waals surface area contributed by atoms with Gasteiger partial charge in [0.2, 0.25) is 0 Å². The van der Waals surface area contributed by atoms with Gasteiger partial charge < -0.3 is 14.8 Å². The SMILES string of the molecule is Cc1cc(C)c2oc(NC3CCC(C(=O)O)CC3)nc2c1. The number of anilines is 1. The molecule has 5 nitrogen and oxygen atoms in total. The predicted octanol–water partition coefficient (Wildman–Crippen LogP) is 3.50. The number of rotatable bonds is 3. The standard InChI is InChI=1S/C16H20N2O3/c1-9-7-10(2)14-13(8-9)18-16(21-14)17-12-5-3-11(4-6-12)15(19)20/h7-8,11-12H,3-6H2,1-2H3,(H,17,18)(H,19,20). The van der Waals surface area contributed by atoms with Crippen molar-refractivity contribution >= 4 is 23.1 Å². The van der Waals surface area contributed by atoms with Crippen molar-refractivity contribution in [1.82, 2.24) is 4.98 Å². The summed E-state index contributed by atoms with van der Waals surface area (Å²) in [6.45, 7) is 4.06. The Kier molecular flexibility index (Phi) is 3.57. The number of aliphatic carboxylic acids is 1. The molecule has 1 aliphatic carbocycles. The van der Waals surface area contributed by atoms with E-state index in [1.54, 1.807) is 0 Å². The van der Waals surface area contributed by atoms with Crippen molar-refractivity contribution in [2.45, 2.75) is 45.6 Å². The van der Waals surface area contributed by atoms with E-state index in [1.807, 2.05) is 19.9 Å². The normalized spacial score (nSPS) is 22.4. The van der Waals surface area contributed by atoms with Crippen LogP contribution in [0.5, 0.6) is 0 Å². The Morgan fingerprint density at radius 1 is 1.29 bits per heavy atom. The summed E-state index contributed by atoms with van der Waals surface area (Å²) in [6, 6.07) is 4.88. The molecule has 0 amide bonds. The van der Waals surface area contributed by atoms with Crippen molar-refractivity contribution in [3.05, 3.63) is 23.3 Å². The van der Waals surface area contributed by atoms with Crippen LogP contribution in [-0.2, 0) is 4.79 Å². The fourth-order valence-corrected chi connectivity index (χ4v) is 3.10. The Morgan fingerprint density at radius 3 is 2.67 bits per heavy atom. The molecule has 0 atom stereocenters. The third-order valence-corrected chi connectivity index (χ3v) is 4.22. The Bertz CT molecular complexity index is 669. The molecule has 1 fully saturated rings. The molecule has 0 unspecified atom stereocenters. The van der Waals surface area contributed by atoms with Crippen molar-refractivity contribution in [3.8, 4) is 0 Å². The molecule has 5 heteroatoms. The van der Waals surface area contributed by atoms with Crippen LogP contribution in [0.3, 0.4) is 0 Å². The predicted molar refractivity (Wildman–Crippen MR) is 80.5 cm³/mol. The molecule has 0 radical (unpaired) electrons. The third kappa shape index (κ3) is 2.86. The van der Waals surface area contributed by atoms with Crippen LogP contribution < -0.4 is 5.32 Å². The van der Waals surface area contributed by atoms with E-state index in [1.165, 1.54) is 5.56 Å². The smallest absolute Gasteiger partial charge is 0.306 e. The summed E-state index contributed by atoms with van der Waals surface area (Å²) in [4.78, 5) is 15.4. The van der Waals surface area contributed by atoms with Gasteiger partial charge in [0.15, 0.2) is 5.58 Å². The zero-order valence-electron chi connectivity index (χ0n) is 12.3. The van der Waals surface area contributed by atoms with Crippen LogP contribution in [0.1, 0.15) is 36.8 Å². The number of oxazole rings is 1. The minimum Gasteiger partial charge on any atom is -0.481 e. The van der Waals surface area contributed by atoms with E-state index in [-0.39, 0.29) is 12.0 Å². The Balaban J connectivity index is 1.71. The first kappa shape index (κ1) is 13.9. The second-order valence-electron chi connectivity index (χ2n) is 5.98. The van der Waals surface area contributed by atoms with Gasteiger partial charge in [0, 0.05) is 6.04 Å². The molecular weight excluding hydrogens is 268 g/mol. The number of benzene rings is 1. The highest BCUT2D eigenvalue weighted by Gasteiger charge is 2.26. The van der Waals surface area contributed by atoms with Gasteiger partial charge in [0.05, 0.1) is 5.92 Å². The molecule has 1 aliphatic rings. The van der Waals surface area contributed by atoms with Crippen LogP contribution >= 0.6 is 0 Å². The zero-order chi connectivity index (χ0) is 15.0. The van der Waals surface area contributed by atoms with E-state index < -0.39 is 5.97 Å². The van der Waals surface area contributed by atoms with Crippen molar-refractivity contribution in [3.63, 3.8) is 0 Å². The average Bonchev–Trinajstić information content (AvgIpc) is 2.82. The molecule has 2 aromatic rings. The lowest BCUT2D eigenvalue weighted by atomic mass is 9.86. The number of carboxylic acids is 1. The maximum absolute atomic E-state index is 11.0. The number of nitrogens with one attached hydrogen (secondary N) is 1. The first-order valence-electron chi connectivity index (χ1n) is 7.40. The van der Waals surface area contributed by atoms with Crippen LogP contribution in [0.2, 0.25) is 0 Å². The maximum atomic E-state index is 11.0. The number of fused-ring (bicyclic) bond motifs is 1. The van der Waals surface area contributed by atoms with Crippen LogP contribution in [0, 0.1) is 19.8 Å². The summed E-state index contributed by atoms with van der Waals surface area (Å²) in [6.07, 6.45) is 3.11. The highest BCUT2D eigenvalue weighted by atomic mass is 16.4. The first-order valence-corrected chi connectivity index (χ1v) is 7.40. The zero-order valence-corrected chi connectivity index (χ0v) is 12.3. The Labute approximate surface area is 123 Å². The number of carbonyl (C=O) groups is 1. The molecule has 112 valence electrons. The number of carboxylic acid groups (broad SMARTS) is 1. The number of aromatic nitrogens is 1. The van der Waals surface area contributed by atoms with Gasteiger partial charge in [-0.05, 0) is 56.7 Å². The molecular formula is C16H20N2O3. The molecule has 1 aromatic carbocycles. The summed E-state index contributed by atoms with van der Waals surface area (Å²) < 4.78 is 5.79. The van der Waals surface area contributed by atoms with E-state index >= 15 is 0 Å². The minimum atomic E-state index is -0.679. The molecule has 0 spiro atoms. The summed E-state index contributed by atoms with van der Waals surface area (Å²) in [5.41, 5.74) is 3.94. The van der Waals surface area contributed by atoms with Gasteiger partial charge in [0.25, 0.3) is 6.01 Å². The molecule has 3 rings (SSSR count). The second kappa shape index (κ2) is 5.39. The van der Waals surface area contributed by atoms with Gasteiger partial charge in [-0.15, -0.1) is 0 Å². The van der Waals surface area contributed by atoms with Gasteiger partial charge in [-0.1, -0.05) is 6.07 Å². The van der Waals surface area contributed by atoms with Crippen LogP contribution in [0.15, 0.2) is 16.5 Å². The van der Waals surface area contributed by atoms with Crippen LogP contribution in [-0.4, -0.2) is 22.1 Å². The topological polar surface area (TPSA) is 75.4 Å². The summed E-state index contributed by atoms with van der Waals surface area (Å²) in [7, 11) is 0. The van der Waals surface area contributed by atoms with Gasteiger partial charge in [0.1, 0.15) is 5.52 Å². The van der Waals surface area contributed by atoms with E-state index in [0.29, 0.717) is 18.9 Å². The van der Waals surface area contributed by atoms with Gasteiger partial charge >= 0.3 is 5.97 Å². The van der Waals surface area contributed by atoms with E-state index in [4.69, 9.17) is 9.52 Å². The molecule has 0 aliphatic heterocycles. The highest BCUT2D eigenvalue weighted by molar-refractivity contribution is 5.78. The van der Waals surface area contributed by atoms with Crippen LogP contribution in [0.4, 0.5) is 6.01 Å². The minimum absolute atomic E-state index is 0.198. The molecule has 21 heavy (non-hydrogen) atoms. The molecule has 1 aromatic heterocycles. The Morgan fingerprint density at radius 2 is 2.00 bits per heavy atom. The first-order chi connectivity index (χ1) is 10.0. The van der Waals surface area contributed by atoms with Crippen LogP contribution in [0.25, 0.3) is 11.1 Å². The maximum Gasteiger partial charge on any atom is 0.306 e. The molecule has 1 heterocycles. The summed E-state index contributed by atoms with van der Waals surface area (Å²) in [5.74, 6) is -0.877. The third-order valence-electron chi connectivity index (χ3n) is 4.22. The van der Waals surface area contributed by atoms with Crippen molar-refractivity contribution in [2.75, 3.05) is 5.32 Å². The lowest BCUT2D eigenvalue weighted by Crippen LogP contribution is -2.29. The number of hydrogen-bond donors (Lipinski definition) is 2. The van der Waals surface area contributed by atoms with Crippen molar-refractivity contribution in [2.24, 2.45) is 5.92 Å². The van der Waals surface area contributed by atoms with Gasteiger partial charge in [-0.25, -0.2) is 0 Å². The monoisotopic (exact) mass is 288 g/mol. The molecule has 2 N–H and O–H groups in total. The number of aryl methyl sites for hydroxylation is 2. The summed E-state index contributed by atoms with van der Waals surface area (Å²) >= 11 is 0. The highest BCUT2D eigenvalue weighted by Crippen LogP contribution is 2.29. The van der Waals surface area contributed by atoms with Gasteiger partial charge in [-0.2, -0.15) is 4.98 Å². The quantitative estimate of drug-likeness (QED) is 0.904. The fourth-order valence-electron chi connectivity index (χ4n) is 3.10. The van der Waals surface area contributed by atoms with Crippen molar-refractivity contribution < 1.29 is 14.3 Å². The molecule has 0 bridgehead atoms. The van der Waals surface area contributed by atoms with E-state index in [9.17, 15) is 4.79 Å². The largest absolute Gasteiger partial charge is 0.481 e. The number of hydrogen-bond acceptors (Lipinski definition) is 4. The lowest BCUT2D eigenvalue weighted by Gasteiger charge is -2.26. The van der Waals surface area contributed by atoms with E-state index in [0.717, 1.165) is 29.5 Å². The second-order valence-corrected chi connectivity index (χ2v) is 5.98.